The molecule has 2 aliphatic heterocycles. The molecule has 1 saturated heterocycles. The summed E-state index contributed by atoms with van der Waals surface area (Å²) in [5, 5.41) is 4.22. The molecule has 0 spiro atoms. The van der Waals surface area contributed by atoms with Gasteiger partial charge in [0.25, 0.3) is 0 Å². The second-order valence-corrected chi connectivity index (χ2v) is 8.58. The van der Waals surface area contributed by atoms with E-state index in [1.165, 1.54) is 16.7 Å². The summed E-state index contributed by atoms with van der Waals surface area (Å²) >= 11 is 8.13. The normalized spacial score (nSPS) is 21.9. The van der Waals surface area contributed by atoms with Crippen LogP contribution in [-0.2, 0) is 17.8 Å². The number of amides is 1. The third-order valence-electron chi connectivity index (χ3n) is 5.22. The average Bonchev–Trinajstić information content (AvgIpc) is 2.68. The van der Waals surface area contributed by atoms with Gasteiger partial charge >= 0.3 is 0 Å². The summed E-state index contributed by atoms with van der Waals surface area (Å²) in [6.07, 6.45) is 1.40. The van der Waals surface area contributed by atoms with Crippen molar-refractivity contribution in [3.63, 3.8) is 0 Å². The first kappa shape index (κ1) is 20.5. The highest BCUT2D eigenvalue weighted by atomic mass is 35.5. The minimum Gasteiger partial charge on any atom is -0.331 e. The fraction of sp³-hybridized carbons (Fsp3) is 0.381. The Hall–Kier alpha value is -1.20. The molecule has 0 bridgehead atoms. The number of fused-ring (bicyclic) bond motifs is 1. The first-order chi connectivity index (χ1) is 12.7. The number of carbonyl (C=O) groups excluding carboxylic acids is 1. The Balaban J connectivity index is 0.00000210. The van der Waals surface area contributed by atoms with Crippen molar-refractivity contribution < 1.29 is 4.79 Å². The molecule has 1 fully saturated rings. The molecular weight excluding hydrogens is 399 g/mol. The molecule has 0 aromatic heterocycles. The van der Waals surface area contributed by atoms with Crippen molar-refractivity contribution in [3.8, 4) is 0 Å². The predicted molar refractivity (Wildman–Crippen MR) is 116 cm³/mol. The molecule has 0 radical (unpaired) electrons. The first-order valence-electron chi connectivity index (χ1n) is 9.13. The van der Waals surface area contributed by atoms with E-state index in [1.807, 2.05) is 30.0 Å². The van der Waals surface area contributed by atoms with Crippen LogP contribution in [0.1, 0.15) is 29.2 Å². The van der Waals surface area contributed by atoms with Crippen LogP contribution in [0.2, 0.25) is 5.02 Å². The second-order valence-electron chi connectivity index (χ2n) is 7.00. The number of nitrogens with one attached hydrogen (secondary N) is 1. The van der Waals surface area contributed by atoms with Crippen molar-refractivity contribution in [1.82, 2.24) is 10.2 Å². The van der Waals surface area contributed by atoms with Gasteiger partial charge in [-0.25, -0.2) is 0 Å². The summed E-state index contributed by atoms with van der Waals surface area (Å²) in [6.45, 7) is 1.62. The van der Waals surface area contributed by atoms with Crippen LogP contribution in [0.15, 0.2) is 48.5 Å². The molecule has 2 heterocycles. The highest BCUT2D eigenvalue weighted by Gasteiger charge is 2.32. The molecule has 3 nitrogen and oxygen atoms in total. The molecule has 2 aromatic rings. The molecule has 0 aliphatic carbocycles. The van der Waals surface area contributed by atoms with Crippen molar-refractivity contribution in [2.75, 3.05) is 18.1 Å². The fourth-order valence-corrected chi connectivity index (χ4v) is 5.01. The number of thioether (sulfide) groups is 1. The SMILES string of the molecule is Cl.O=C(CC1CSCCN1)N1Cc2cc(Cl)ccc2CC1c1ccccc1. The molecule has 6 heteroatoms. The summed E-state index contributed by atoms with van der Waals surface area (Å²) in [7, 11) is 0. The largest absolute Gasteiger partial charge is 0.331 e. The van der Waals surface area contributed by atoms with E-state index >= 15 is 0 Å². The lowest BCUT2D eigenvalue weighted by Crippen LogP contribution is -2.45. The summed E-state index contributed by atoms with van der Waals surface area (Å²) < 4.78 is 0. The van der Waals surface area contributed by atoms with Gasteiger partial charge in [-0.05, 0) is 35.2 Å². The van der Waals surface area contributed by atoms with Crippen molar-refractivity contribution in [3.05, 3.63) is 70.2 Å². The predicted octanol–water partition coefficient (Wildman–Crippen LogP) is 4.48. The van der Waals surface area contributed by atoms with Gasteiger partial charge in [0, 0.05) is 42.1 Å². The fourth-order valence-electron chi connectivity index (χ4n) is 3.87. The maximum Gasteiger partial charge on any atom is 0.224 e. The quantitative estimate of drug-likeness (QED) is 0.790. The Labute approximate surface area is 176 Å². The van der Waals surface area contributed by atoms with Crippen LogP contribution < -0.4 is 5.32 Å². The van der Waals surface area contributed by atoms with E-state index in [1.54, 1.807) is 0 Å². The number of halogens is 2. The van der Waals surface area contributed by atoms with Crippen LogP contribution in [0.4, 0.5) is 0 Å². The van der Waals surface area contributed by atoms with Gasteiger partial charge in [0.15, 0.2) is 0 Å². The number of carbonyl (C=O) groups is 1. The van der Waals surface area contributed by atoms with E-state index in [4.69, 9.17) is 11.6 Å². The van der Waals surface area contributed by atoms with Crippen molar-refractivity contribution in [2.45, 2.75) is 31.5 Å². The summed E-state index contributed by atoms with van der Waals surface area (Å²) in [6, 6.07) is 16.8. The monoisotopic (exact) mass is 422 g/mol. The number of nitrogens with zero attached hydrogens (tertiary/aromatic N) is 1. The zero-order chi connectivity index (χ0) is 17.9. The van der Waals surface area contributed by atoms with Crippen molar-refractivity contribution in [2.24, 2.45) is 0 Å². The van der Waals surface area contributed by atoms with Crippen molar-refractivity contribution in [1.29, 1.82) is 0 Å². The first-order valence-corrected chi connectivity index (χ1v) is 10.7. The summed E-state index contributed by atoms with van der Waals surface area (Å²) in [5.41, 5.74) is 3.66. The molecule has 1 N–H and O–H groups in total. The second kappa shape index (κ2) is 9.33. The molecule has 27 heavy (non-hydrogen) atoms. The van der Waals surface area contributed by atoms with Gasteiger partial charge in [0.1, 0.15) is 0 Å². The van der Waals surface area contributed by atoms with Crippen LogP contribution in [0.5, 0.6) is 0 Å². The minimum absolute atomic E-state index is 0. The van der Waals surface area contributed by atoms with Crippen LogP contribution in [0.25, 0.3) is 0 Å². The molecule has 2 unspecified atom stereocenters. The molecule has 0 saturated carbocycles. The van der Waals surface area contributed by atoms with Gasteiger partial charge in [0.2, 0.25) is 5.91 Å². The maximum atomic E-state index is 13.2. The third kappa shape index (κ3) is 4.80. The molecule has 2 aromatic carbocycles. The van der Waals surface area contributed by atoms with E-state index in [0.29, 0.717) is 13.0 Å². The molecule has 2 atom stereocenters. The van der Waals surface area contributed by atoms with Gasteiger partial charge in [-0.3, -0.25) is 4.79 Å². The standard InChI is InChI=1S/C21H23ClN2OS.ClH/c22-18-7-6-16-11-20(15-4-2-1-3-5-15)24(13-17(16)10-18)21(25)12-19-14-26-9-8-23-19;/h1-7,10,19-20,23H,8-9,11-14H2;1H. The van der Waals surface area contributed by atoms with Crippen LogP contribution in [0.3, 0.4) is 0 Å². The third-order valence-corrected chi connectivity index (χ3v) is 6.59. The van der Waals surface area contributed by atoms with Crippen LogP contribution in [0, 0.1) is 0 Å². The Morgan fingerprint density at radius 3 is 2.74 bits per heavy atom. The molecule has 1 amide bonds. The summed E-state index contributed by atoms with van der Waals surface area (Å²) in [4.78, 5) is 15.2. The zero-order valence-corrected chi connectivity index (χ0v) is 17.5. The van der Waals surface area contributed by atoms with E-state index < -0.39 is 0 Å². The summed E-state index contributed by atoms with van der Waals surface area (Å²) in [5.74, 6) is 2.37. The molecule has 144 valence electrons. The van der Waals surface area contributed by atoms with E-state index in [-0.39, 0.29) is 30.4 Å². The Bertz CT molecular complexity index is 781. The lowest BCUT2D eigenvalue weighted by molar-refractivity contribution is -0.135. The smallest absolute Gasteiger partial charge is 0.224 e. The Kier molecular flexibility index (Phi) is 7.10. The topological polar surface area (TPSA) is 32.3 Å². The highest BCUT2D eigenvalue weighted by Crippen LogP contribution is 2.35. The van der Waals surface area contributed by atoms with Crippen LogP contribution >= 0.6 is 35.8 Å². The molecular formula is C21H24Cl2N2OS. The highest BCUT2D eigenvalue weighted by molar-refractivity contribution is 7.99. The Morgan fingerprint density at radius 1 is 1.19 bits per heavy atom. The number of benzene rings is 2. The van der Waals surface area contributed by atoms with Gasteiger partial charge in [-0.15, -0.1) is 12.4 Å². The zero-order valence-electron chi connectivity index (χ0n) is 15.1. The number of hydrogen-bond acceptors (Lipinski definition) is 3. The average molecular weight is 423 g/mol. The van der Waals surface area contributed by atoms with Crippen LogP contribution in [-0.4, -0.2) is 34.9 Å². The number of rotatable bonds is 3. The van der Waals surface area contributed by atoms with E-state index in [2.05, 4.69) is 40.5 Å². The van der Waals surface area contributed by atoms with Crippen molar-refractivity contribution >= 4 is 41.7 Å². The lowest BCUT2D eigenvalue weighted by atomic mass is 9.89. The van der Waals surface area contributed by atoms with Gasteiger partial charge in [-0.1, -0.05) is 48.0 Å². The molecule has 2 aliphatic rings. The van der Waals surface area contributed by atoms with Gasteiger partial charge < -0.3 is 10.2 Å². The maximum absolute atomic E-state index is 13.2. The van der Waals surface area contributed by atoms with E-state index in [0.717, 1.165) is 29.5 Å². The molecule has 4 rings (SSSR count). The minimum atomic E-state index is 0. The Morgan fingerprint density at radius 2 is 2.00 bits per heavy atom. The van der Waals surface area contributed by atoms with Gasteiger partial charge in [-0.2, -0.15) is 11.8 Å². The lowest BCUT2D eigenvalue weighted by Gasteiger charge is -2.38. The number of hydrogen-bond donors (Lipinski definition) is 1. The van der Waals surface area contributed by atoms with E-state index in [9.17, 15) is 4.79 Å². The van der Waals surface area contributed by atoms with Gasteiger partial charge in [0.05, 0.1) is 6.04 Å².